The molecule has 0 fully saturated rings. The third-order valence-electron chi connectivity index (χ3n) is 5.29. The number of rotatable bonds is 11. The summed E-state index contributed by atoms with van der Waals surface area (Å²) in [5.41, 5.74) is 3.01. The quantitative estimate of drug-likeness (QED) is 0.305. The fourth-order valence-corrected chi connectivity index (χ4v) is 4.38. The molecule has 1 N–H and O–H groups in total. The van der Waals surface area contributed by atoms with Crippen molar-refractivity contribution < 1.29 is 13.9 Å². The van der Waals surface area contributed by atoms with Crippen molar-refractivity contribution in [3.05, 3.63) is 102 Å². The minimum atomic E-state index is -0.266. The summed E-state index contributed by atoms with van der Waals surface area (Å²) in [6, 6.07) is 24.2. The van der Waals surface area contributed by atoms with Gasteiger partial charge in [-0.3, -0.25) is 9.36 Å². The van der Waals surface area contributed by atoms with Gasteiger partial charge < -0.3 is 10.1 Å². The van der Waals surface area contributed by atoms with Gasteiger partial charge in [0.05, 0.1) is 12.4 Å². The maximum atomic E-state index is 13.0. The third kappa shape index (κ3) is 6.93. The predicted molar refractivity (Wildman–Crippen MR) is 136 cm³/mol. The molecule has 1 aromatic heterocycles. The lowest BCUT2D eigenvalue weighted by atomic mass is 10.1. The summed E-state index contributed by atoms with van der Waals surface area (Å²) in [4.78, 5) is 12.5. The van der Waals surface area contributed by atoms with Crippen molar-refractivity contribution in [1.82, 2.24) is 20.1 Å². The molecule has 6 nitrogen and oxygen atoms in total. The van der Waals surface area contributed by atoms with E-state index in [0.717, 1.165) is 28.4 Å². The molecule has 4 aromatic rings. The molecular weight excluding hydrogens is 463 g/mol. The molecule has 0 aliphatic carbocycles. The number of carbonyl (C=O) groups is 1. The molecule has 0 radical (unpaired) electrons. The maximum Gasteiger partial charge on any atom is 0.230 e. The zero-order valence-corrected chi connectivity index (χ0v) is 20.3. The fourth-order valence-electron chi connectivity index (χ4n) is 3.58. The first-order valence-electron chi connectivity index (χ1n) is 11.5. The Balaban J connectivity index is 1.44. The van der Waals surface area contributed by atoms with Crippen molar-refractivity contribution in [2.75, 3.05) is 18.9 Å². The average molecular weight is 491 g/mol. The third-order valence-corrected chi connectivity index (χ3v) is 6.22. The van der Waals surface area contributed by atoms with Gasteiger partial charge in [-0.05, 0) is 60.9 Å². The van der Waals surface area contributed by atoms with Crippen LogP contribution in [0.15, 0.2) is 84.0 Å². The van der Waals surface area contributed by atoms with Crippen LogP contribution in [0.25, 0.3) is 5.69 Å². The van der Waals surface area contributed by atoms with Gasteiger partial charge in [0.15, 0.2) is 5.16 Å². The monoisotopic (exact) mass is 490 g/mol. The first-order valence-corrected chi connectivity index (χ1v) is 12.5. The molecule has 0 aliphatic rings. The van der Waals surface area contributed by atoms with Gasteiger partial charge in [-0.25, -0.2) is 4.39 Å². The van der Waals surface area contributed by atoms with Crippen LogP contribution in [0.1, 0.15) is 23.9 Å². The Hall–Kier alpha value is -3.65. The molecule has 0 atom stereocenters. The molecule has 180 valence electrons. The van der Waals surface area contributed by atoms with Crippen LogP contribution in [0.3, 0.4) is 0 Å². The second-order valence-electron chi connectivity index (χ2n) is 7.84. The van der Waals surface area contributed by atoms with Crippen LogP contribution in [0.4, 0.5) is 4.39 Å². The second kappa shape index (κ2) is 12.2. The van der Waals surface area contributed by atoms with Crippen LogP contribution in [-0.4, -0.2) is 39.6 Å². The van der Waals surface area contributed by atoms with Gasteiger partial charge >= 0.3 is 0 Å². The number of benzene rings is 3. The van der Waals surface area contributed by atoms with Gasteiger partial charge in [0.2, 0.25) is 5.91 Å². The average Bonchev–Trinajstić information content (AvgIpc) is 3.27. The van der Waals surface area contributed by atoms with E-state index in [0.29, 0.717) is 31.1 Å². The Bertz CT molecular complexity index is 1230. The minimum absolute atomic E-state index is 0.0945. The standard InChI is InChI=1S/C27H27FN4O2S/c1-2-34-24-14-12-23(13-15-24)32-25(18-21-6-4-3-5-7-21)30-31-27(32)35-19-26(33)29-17-16-20-8-10-22(28)11-9-20/h3-15H,2,16-19H2,1H3,(H,29,33). The molecule has 0 spiro atoms. The molecule has 0 saturated heterocycles. The zero-order chi connectivity index (χ0) is 24.5. The molecule has 35 heavy (non-hydrogen) atoms. The molecule has 0 bridgehead atoms. The van der Waals surface area contributed by atoms with Gasteiger partial charge in [0.25, 0.3) is 0 Å². The smallest absolute Gasteiger partial charge is 0.230 e. The van der Waals surface area contributed by atoms with Crippen molar-refractivity contribution in [2.45, 2.75) is 24.9 Å². The number of nitrogens with zero attached hydrogens (tertiary/aromatic N) is 3. The van der Waals surface area contributed by atoms with E-state index in [2.05, 4.69) is 27.6 Å². The lowest BCUT2D eigenvalue weighted by Gasteiger charge is -2.12. The van der Waals surface area contributed by atoms with E-state index < -0.39 is 0 Å². The molecule has 4 rings (SSSR count). The summed E-state index contributed by atoms with van der Waals surface area (Å²) in [5.74, 6) is 1.44. The van der Waals surface area contributed by atoms with Crippen molar-refractivity contribution in [3.63, 3.8) is 0 Å². The molecule has 0 aliphatic heterocycles. The Kier molecular flexibility index (Phi) is 8.51. The van der Waals surface area contributed by atoms with E-state index in [9.17, 15) is 9.18 Å². The Labute approximate surface area is 208 Å². The first-order chi connectivity index (χ1) is 17.1. The van der Waals surface area contributed by atoms with Crippen molar-refractivity contribution >= 4 is 17.7 Å². The fraction of sp³-hybridized carbons (Fsp3) is 0.222. The summed E-state index contributed by atoms with van der Waals surface area (Å²) in [5, 5.41) is 12.4. The Morgan fingerprint density at radius 3 is 2.43 bits per heavy atom. The number of amides is 1. The number of ether oxygens (including phenoxy) is 1. The highest BCUT2D eigenvalue weighted by atomic mass is 32.2. The zero-order valence-electron chi connectivity index (χ0n) is 19.5. The van der Waals surface area contributed by atoms with E-state index in [1.54, 1.807) is 12.1 Å². The van der Waals surface area contributed by atoms with Gasteiger partial charge in [0.1, 0.15) is 17.4 Å². The van der Waals surface area contributed by atoms with Crippen LogP contribution in [-0.2, 0) is 17.6 Å². The van der Waals surface area contributed by atoms with E-state index >= 15 is 0 Å². The molecule has 0 unspecified atom stereocenters. The number of thioether (sulfide) groups is 1. The largest absolute Gasteiger partial charge is 0.494 e. The lowest BCUT2D eigenvalue weighted by Crippen LogP contribution is -2.27. The van der Waals surface area contributed by atoms with E-state index in [-0.39, 0.29) is 17.5 Å². The predicted octanol–water partition coefficient (Wildman–Crippen LogP) is 4.85. The van der Waals surface area contributed by atoms with Gasteiger partial charge in [-0.1, -0.05) is 54.2 Å². The highest BCUT2D eigenvalue weighted by Gasteiger charge is 2.16. The van der Waals surface area contributed by atoms with Crippen molar-refractivity contribution in [2.24, 2.45) is 0 Å². The number of carbonyl (C=O) groups excluding carboxylic acids is 1. The molecule has 3 aromatic carbocycles. The van der Waals surface area contributed by atoms with E-state index in [1.807, 2.05) is 54.0 Å². The maximum absolute atomic E-state index is 13.0. The van der Waals surface area contributed by atoms with E-state index in [1.165, 1.54) is 23.9 Å². The summed E-state index contributed by atoms with van der Waals surface area (Å²) in [7, 11) is 0. The van der Waals surface area contributed by atoms with Gasteiger partial charge in [-0.2, -0.15) is 0 Å². The Morgan fingerprint density at radius 1 is 0.971 bits per heavy atom. The van der Waals surface area contributed by atoms with Crippen LogP contribution >= 0.6 is 11.8 Å². The van der Waals surface area contributed by atoms with Crippen LogP contribution in [0.5, 0.6) is 5.75 Å². The number of halogens is 1. The summed E-state index contributed by atoms with van der Waals surface area (Å²) in [6.07, 6.45) is 1.26. The van der Waals surface area contributed by atoms with Gasteiger partial charge in [-0.15, -0.1) is 10.2 Å². The molecular formula is C27H27FN4O2S. The summed E-state index contributed by atoms with van der Waals surface area (Å²) >= 11 is 1.34. The summed E-state index contributed by atoms with van der Waals surface area (Å²) < 4.78 is 20.6. The first kappa shape index (κ1) is 24.5. The van der Waals surface area contributed by atoms with Gasteiger partial charge in [0, 0.05) is 18.7 Å². The number of hydrogen-bond donors (Lipinski definition) is 1. The molecule has 0 saturated carbocycles. The number of aromatic nitrogens is 3. The highest BCUT2D eigenvalue weighted by molar-refractivity contribution is 7.99. The topological polar surface area (TPSA) is 69.0 Å². The number of hydrogen-bond acceptors (Lipinski definition) is 5. The molecule has 8 heteroatoms. The minimum Gasteiger partial charge on any atom is -0.494 e. The molecule has 1 amide bonds. The Morgan fingerprint density at radius 2 is 1.71 bits per heavy atom. The van der Waals surface area contributed by atoms with Crippen LogP contribution in [0, 0.1) is 5.82 Å². The SMILES string of the molecule is CCOc1ccc(-n2c(Cc3ccccc3)nnc2SCC(=O)NCCc2ccc(F)cc2)cc1. The van der Waals surface area contributed by atoms with E-state index in [4.69, 9.17) is 4.74 Å². The van der Waals surface area contributed by atoms with Crippen LogP contribution < -0.4 is 10.1 Å². The number of nitrogens with one attached hydrogen (secondary N) is 1. The second-order valence-corrected chi connectivity index (χ2v) is 8.78. The van der Waals surface area contributed by atoms with Crippen molar-refractivity contribution in [1.29, 1.82) is 0 Å². The van der Waals surface area contributed by atoms with Crippen molar-refractivity contribution in [3.8, 4) is 11.4 Å². The lowest BCUT2D eigenvalue weighted by molar-refractivity contribution is -0.118. The highest BCUT2D eigenvalue weighted by Crippen LogP contribution is 2.25. The molecule has 1 heterocycles. The summed E-state index contributed by atoms with van der Waals surface area (Å²) in [6.45, 7) is 3.03. The van der Waals surface area contributed by atoms with Crippen LogP contribution in [0.2, 0.25) is 0 Å². The normalized spacial score (nSPS) is 10.8.